The second-order valence-electron chi connectivity index (χ2n) is 14.1. The lowest BCUT2D eigenvalue weighted by Crippen LogP contribution is -2.16. The van der Waals surface area contributed by atoms with E-state index in [1.165, 1.54) is 0 Å². The molecular formula is C48H80O20. The van der Waals surface area contributed by atoms with Gasteiger partial charge in [0.05, 0.1) is 225 Å². The van der Waals surface area contributed by atoms with E-state index in [1.54, 1.807) is 0 Å². The second-order valence-corrected chi connectivity index (χ2v) is 14.1. The zero-order valence-corrected chi connectivity index (χ0v) is 40.2. The summed E-state index contributed by atoms with van der Waals surface area (Å²) >= 11 is 0. The number of fused-ring (bicyclic) bond motifs is 2. The Labute approximate surface area is 403 Å². The molecule has 2 aromatic carbocycles. The van der Waals surface area contributed by atoms with E-state index >= 15 is 0 Å². The summed E-state index contributed by atoms with van der Waals surface area (Å²) in [5, 5.41) is 0. The topological polar surface area (TPSA) is 185 Å². The Hall–Kier alpha value is -2.84. The largest absolute Gasteiger partial charge is 0.487 e. The highest BCUT2D eigenvalue weighted by Gasteiger charge is 2.11. The molecule has 68 heavy (non-hydrogen) atoms. The van der Waals surface area contributed by atoms with Crippen LogP contribution in [0.25, 0.3) is 0 Å². The Bertz CT molecular complexity index is 1250. The number of para-hydroxylation sites is 4. The Morgan fingerprint density at radius 1 is 0.162 bits per heavy atom. The Morgan fingerprint density at radius 2 is 0.294 bits per heavy atom. The molecular weight excluding hydrogens is 897 g/mol. The third-order valence-corrected chi connectivity index (χ3v) is 8.84. The Kier molecular flexibility index (Phi) is 41.8. The molecule has 0 saturated carbocycles. The van der Waals surface area contributed by atoms with Gasteiger partial charge in [0, 0.05) is 0 Å². The Balaban J connectivity index is 1.22. The van der Waals surface area contributed by atoms with E-state index in [1.807, 2.05) is 48.5 Å². The average molecular weight is 977 g/mol. The molecule has 0 atom stereocenters. The van der Waals surface area contributed by atoms with Crippen molar-refractivity contribution in [2.24, 2.45) is 0 Å². The molecule has 0 bridgehead atoms. The van der Waals surface area contributed by atoms with Crippen LogP contribution in [0.1, 0.15) is 0 Å². The SMILES string of the molecule is c1ccc2c(c1)OCCOCCOCCOCCOCCOCCOCCOCCOCCOCCOCCOCCOCCOCCOCCOCCOCCOCCOc1ccccc1O2. The minimum absolute atomic E-state index is 0.342. The van der Waals surface area contributed by atoms with Crippen LogP contribution in [0.15, 0.2) is 48.5 Å². The average Bonchev–Trinajstić information content (AvgIpc) is 3.35. The van der Waals surface area contributed by atoms with Gasteiger partial charge in [-0.3, -0.25) is 0 Å². The molecule has 1 heterocycles. The maximum atomic E-state index is 6.21. The molecule has 0 spiro atoms. The first-order valence-corrected chi connectivity index (χ1v) is 23.9. The summed E-state index contributed by atoms with van der Waals surface area (Å²) in [7, 11) is 0. The smallest absolute Gasteiger partial charge is 0.169 e. The quantitative estimate of drug-likeness (QED) is 0.373. The first-order valence-electron chi connectivity index (χ1n) is 23.9. The van der Waals surface area contributed by atoms with Gasteiger partial charge in [0.15, 0.2) is 23.0 Å². The van der Waals surface area contributed by atoms with Crippen LogP contribution >= 0.6 is 0 Å². The van der Waals surface area contributed by atoms with Crippen LogP contribution in [-0.2, 0) is 80.5 Å². The second kappa shape index (κ2) is 47.8. The molecule has 0 N–H and O–H groups in total. The van der Waals surface area contributed by atoms with E-state index in [2.05, 4.69) is 0 Å². The third kappa shape index (κ3) is 37.0. The summed E-state index contributed by atoms with van der Waals surface area (Å²) in [5.41, 5.74) is 0. The lowest BCUT2D eigenvalue weighted by Gasteiger charge is -2.15. The van der Waals surface area contributed by atoms with E-state index in [-0.39, 0.29) is 0 Å². The van der Waals surface area contributed by atoms with E-state index in [0.29, 0.717) is 261 Å². The summed E-state index contributed by atoms with van der Waals surface area (Å²) in [5.74, 6) is 2.31. The Morgan fingerprint density at radius 3 is 0.456 bits per heavy atom. The lowest BCUT2D eigenvalue weighted by molar-refractivity contribution is -0.0308. The van der Waals surface area contributed by atoms with Gasteiger partial charge < -0.3 is 94.7 Å². The van der Waals surface area contributed by atoms with Gasteiger partial charge >= 0.3 is 0 Å². The van der Waals surface area contributed by atoms with Crippen LogP contribution in [-0.4, -0.2) is 238 Å². The third-order valence-electron chi connectivity index (χ3n) is 8.84. The minimum Gasteiger partial charge on any atom is -0.487 e. The van der Waals surface area contributed by atoms with Crippen molar-refractivity contribution in [2.75, 3.05) is 238 Å². The monoisotopic (exact) mass is 977 g/mol. The van der Waals surface area contributed by atoms with Crippen molar-refractivity contribution < 1.29 is 94.7 Å². The molecule has 0 saturated heterocycles. The first-order chi connectivity index (χ1) is 33.9. The molecule has 0 fully saturated rings. The maximum absolute atomic E-state index is 6.21. The molecule has 1 aliphatic heterocycles. The van der Waals surface area contributed by atoms with Crippen LogP contribution in [0, 0.1) is 0 Å². The fourth-order valence-corrected chi connectivity index (χ4v) is 5.47. The molecule has 0 aromatic heterocycles. The van der Waals surface area contributed by atoms with Crippen molar-refractivity contribution in [3.63, 3.8) is 0 Å². The number of hydrogen-bond donors (Lipinski definition) is 0. The van der Waals surface area contributed by atoms with Crippen LogP contribution in [0.2, 0.25) is 0 Å². The first kappa shape index (κ1) is 59.5. The molecule has 0 aliphatic carbocycles. The molecule has 20 nitrogen and oxygen atoms in total. The van der Waals surface area contributed by atoms with Crippen LogP contribution in [0.3, 0.4) is 0 Å². The highest BCUT2D eigenvalue weighted by molar-refractivity contribution is 5.47. The zero-order valence-electron chi connectivity index (χ0n) is 40.2. The van der Waals surface area contributed by atoms with E-state index in [4.69, 9.17) is 94.7 Å². The van der Waals surface area contributed by atoms with Crippen molar-refractivity contribution in [3.8, 4) is 23.0 Å². The number of benzene rings is 2. The van der Waals surface area contributed by atoms with Gasteiger partial charge in [-0.2, -0.15) is 0 Å². The summed E-state index contributed by atoms with van der Waals surface area (Å²) in [6.07, 6.45) is 0. The molecule has 1 aliphatic rings. The molecule has 2 aromatic rings. The zero-order chi connectivity index (χ0) is 47.6. The normalized spacial score (nSPS) is 21.4. The van der Waals surface area contributed by atoms with Crippen molar-refractivity contribution >= 4 is 0 Å². The van der Waals surface area contributed by atoms with Gasteiger partial charge in [-0.05, 0) is 24.3 Å². The molecule has 392 valence electrons. The van der Waals surface area contributed by atoms with Gasteiger partial charge in [-0.1, -0.05) is 24.3 Å². The van der Waals surface area contributed by atoms with Gasteiger partial charge in [-0.15, -0.1) is 0 Å². The molecule has 3 rings (SSSR count). The maximum Gasteiger partial charge on any atom is 0.169 e. The van der Waals surface area contributed by atoms with Gasteiger partial charge in [-0.25, -0.2) is 0 Å². The lowest BCUT2D eigenvalue weighted by atomic mass is 10.3. The fraction of sp³-hybridized carbons (Fsp3) is 0.750. The standard InChI is InChI=1S/C48H80O20/c1-3-7-47-45(5-1)66-43-41-64-39-37-62-35-33-60-31-29-58-27-25-56-23-21-54-19-17-52-15-13-50-11-9-49-10-12-51-14-16-53-18-20-55-22-24-57-26-28-59-30-32-61-34-36-63-38-40-65-42-44-67-46-6-2-4-8-48(46)68-47/h1-8H,9-44H2. The van der Waals surface area contributed by atoms with Crippen LogP contribution in [0.5, 0.6) is 23.0 Å². The van der Waals surface area contributed by atoms with Crippen molar-refractivity contribution in [1.82, 2.24) is 0 Å². The van der Waals surface area contributed by atoms with Gasteiger partial charge in [0.1, 0.15) is 13.2 Å². The fourth-order valence-electron chi connectivity index (χ4n) is 5.47. The molecule has 0 amide bonds. The minimum atomic E-state index is 0.342. The number of hydrogen-bond acceptors (Lipinski definition) is 20. The van der Waals surface area contributed by atoms with E-state index in [9.17, 15) is 0 Å². The molecule has 0 unspecified atom stereocenters. The van der Waals surface area contributed by atoms with Crippen LogP contribution < -0.4 is 14.2 Å². The summed E-state index contributed by atoms with van der Waals surface area (Å²) in [4.78, 5) is 0. The number of ether oxygens (including phenoxy) is 20. The van der Waals surface area contributed by atoms with Gasteiger partial charge in [0.25, 0.3) is 0 Å². The summed E-state index contributed by atoms with van der Waals surface area (Å²) in [6.45, 7) is 16.8. The van der Waals surface area contributed by atoms with Crippen molar-refractivity contribution in [2.45, 2.75) is 0 Å². The van der Waals surface area contributed by atoms with E-state index < -0.39 is 0 Å². The predicted octanol–water partition coefficient (Wildman–Crippen LogP) is 3.53. The van der Waals surface area contributed by atoms with Gasteiger partial charge in [0.2, 0.25) is 0 Å². The van der Waals surface area contributed by atoms with Crippen molar-refractivity contribution in [1.29, 1.82) is 0 Å². The highest BCUT2D eigenvalue weighted by Crippen LogP contribution is 2.36. The van der Waals surface area contributed by atoms with Crippen molar-refractivity contribution in [3.05, 3.63) is 48.5 Å². The molecule has 20 heteroatoms. The molecule has 0 radical (unpaired) electrons. The summed E-state index contributed by atoms with van der Waals surface area (Å²) < 4.78 is 113. The summed E-state index contributed by atoms with van der Waals surface area (Å²) in [6, 6.07) is 14.9. The highest BCUT2D eigenvalue weighted by atomic mass is 16.6. The predicted molar refractivity (Wildman–Crippen MR) is 248 cm³/mol. The van der Waals surface area contributed by atoms with E-state index in [0.717, 1.165) is 0 Å². The number of rotatable bonds is 0. The van der Waals surface area contributed by atoms with Crippen LogP contribution in [0.4, 0.5) is 0 Å².